The molecule has 3 aromatic carbocycles. The second-order valence-electron chi connectivity index (χ2n) is 6.79. The summed E-state index contributed by atoms with van der Waals surface area (Å²) in [7, 11) is 2.81. The molecule has 0 atom stereocenters. The quantitative estimate of drug-likeness (QED) is 0.394. The highest BCUT2D eigenvalue weighted by Crippen LogP contribution is 2.34. The Hall–Kier alpha value is -3.85. The average Bonchev–Trinajstić information content (AvgIpc) is 2.83. The Morgan fingerprint density at radius 2 is 1.59 bits per heavy atom. The van der Waals surface area contributed by atoms with Crippen LogP contribution in [0.15, 0.2) is 60.7 Å². The van der Waals surface area contributed by atoms with Gasteiger partial charge >= 0.3 is 12.6 Å². The minimum Gasteiger partial charge on any atom is -0.493 e. The number of ether oxygens (including phenoxy) is 4. The van der Waals surface area contributed by atoms with Crippen LogP contribution in [0.25, 0.3) is 0 Å². The van der Waals surface area contributed by atoms with Crippen LogP contribution in [0.3, 0.4) is 0 Å². The maximum atomic E-state index is 12.9. The number of hydrogen-bond donors (Lipinski definition) is 1. The number of amides is 1. The number of carbonyl (C=O) groups is 2. The number of nitrogens with one attached hydrogen (secondary N) is 1. The molecule has 0 unspecified atom stereocenters. The van der Waals surface area contributed by atoms with Crippen molar-refractivity contribution in [2.45, 2.75) is 13.2 Å². The van der Waals surface area contributed by atoms with Gasteiger partial charge < -0.3 is 24.3 Å². The van der Waals surface area contributed by atoms with Crippen LogP contribution in [0.2, 0.25) is 5.02 Å². The Kier molecular flexibility index (Phi) is 8.26. The molecule has 0 heterocycles. The molecule has 0 spiro atoms. The van der Waals surface area contributed by atoms with E-state index < -0.39 is 18.5 Å². The zero-order valence-electron chi connectivity index (χ0n) is 18.1. The molecule has 0 aliphatic heterocycles. The first kappa shape index (κ1) is 24.8. The van der Waals surface area contributed by atoms with Gasteiger partial charge in [-0.05, 0) is 29.8 Å². The number of methoxy groups -OCH3 is 2. The van der Waals surface area contributed by atoms with Gasteiger partial charge in [0.05, 0.1) is 36.1 Å². The molecule has 7 nitrogen and oxygen atoms in total. The summed E-state index contributed by atoms with van der Waals surface area (Å²) in [5.41, 5.74) is 0.880. The molecule has 0 bridgehead atoms. The lowest BCUT2D eigenvalue weighted by atomic mass is 10.1. The highest BCUT2D eigenvalue weighted by Gasteiger charge is 2.21. The molecule has 0 radical (unpaired) electrons. The molecule has 0 saturated carbocycles. The lowest BCUT2D eigenvalue weighted by Crippen LogP contribution is -2.17. The average molecular weight is 492 g/mol. The normalized spacial score (nSPS) is 10.5. The van der Waals surface area contributed by atoms with Gasteiger partial charge in [0.1, 0.15) is 12.4 Å². The zero-order valence-corrected chi connectivity index (χ0v) is 18.9. The van der Waals surface area contributed by atoms with E-state index in [4.69, 9.17) is 25.8 Å². The van der Waals surface area contributed by atoms with Crippen LogP contribution in [-0.4, -0.2) is 32.7 Å². The van der Waals surface area contributed by atoms with Crippen LogP contribution in [0.4, 0.5) is 14.5 Å². The monoisotopic (exact) mass is 491 g/mol. The van der Waals surface area contributed by atoms with Gasteiger partial charge in [-0.3, -0.25) is 4.79 Å². The third kappa shape index (κ3) is 6.14. The number of benzene rings is 3. The van der Waals surface area contributed by atoms with Crippen LogP contribution in [0, 0.1) is 0 Å². The van der Waals surface area contributed by atoms with E-state index in [2.05, 4.69) is 10.1 Å². The smallest absolute Gasteiger partial charge is 0.387 e. The molecule has 1 N–H and O–H groups in total. The van der Waals surface area contributed by atoms with E-state index in [0.717, 1.165) is 0 Å². The Bertz CT molecular complexity index is 1170. The van der Waals surface area contributed by atoms with Gasteiger partial charge in [-0.2, -0.15) is 8.78 Å². The van der Waals surface area contributed by atoms with Gasteiger partial charge in [0, 0.05) is 12.1 Å². The molecule has 0 aliphatic carbocycles. The van der Waals surface area contributed by atoms with E-state index in [0.29, 0.717) is 5.56 Å². The van der Waals surface area contributed by atoms with Gasteiger partial charge in [0.2, 0.25) is 0 Å². The Balaban J connectivity index is 1.83. The summed E-state index contributed by atoms with van der Waals surface area (Å²) < 4.78 is 44.8. The molecule has 0 aromatic heterocycles. The number of esters is 1. The number of rotatable bonds is 9. The van der Waals surface area contributed by atoms with Crippen molar-refractivity contribution in [2.75, 3.05) is 19.5 Å². The summed E-state index contributed by atoms with van der Waals surface area (Å²) >= 11 is 6.10. The minimum atomic E-state index is -2.94. The maximum Gasteiger partial charge on any atom is 0.387 e. The van der Waals surface area contributed by atoms with Crippen molar-refractivity contribution in [1.82, 2.24) is 0 Å². The predicted octanol–water partition coefficient (Wildman–Crippen LogP) is 5.57. The second kappa shape index (κ2) is 11.3. The Morgan fingerprint density at radius 1 is 0.941 bits per heavy atom. The van der Waals surface area contributed by atoms with Gasteiger partial charge in [-0.25, -0.2) is 4.79 Å². The molecule has 178 valence electrons. The highest BCUT2D eigenvalue weighted by molar-refractivity contribution is 6.34. The molecular formula is C24H20ClF2NO6. The third-order valence-corrected chi connectivity index (χ3v) is 4.96. The van der Waals surface area contributed by atoms with E-state index in [1.165, 1.54) is 56.7 Å². The Labute approximate surface area is 199 Å². The number of anilines is 1. The molecule has 10 heteroatoms. The van der Waals surface area contributed by atoms with Gasteiger partial charge in [-0.15, -0.1) is 0 Å². The van der Waals surface area contributed by atoms with Crippen molar-refractivity contribution in [1.29, 1.82) is 0 Å². The van der Waals surface area contributed by atoms with Gasteiger partial charge in [-0.1, -0.05) is 35.9 Å². The van der Waals surface area contributed by atoms with Crippen LogP contribution in [0.1, 0.15) is 26.3 Å². The number of carbonyl (C=O) groups excluding carboxylic acids is 2. The standard InChI is InChI=1S/C24H20ClF2NO6/c1-31-20-11-17(23(30)33-13-14-7-9-15(10-8-14)34-24(26)27)19(12-21(20)32-2)28-22(29)16-5-3-4-6-18(16)25/h3-12,24H,13H2,1-2H3,(H,28,29). The molecular weight excluding hydrogens is 472 g/mol. The largest absolute Gasteiger partial charge is 0.493 e. The van der Waals surface area contributed by atoms with E-state index in [9.17, 15) is 18.4 Å². The summed E-state index contributed by atoms with van der Waals surface area (Å²) in [5, 5.41) is 2.89. The number of halogens is 3. The molecule has 34 heavy (non-hydrogen) atoms. The van der Waals surface area contributed by atoms with Crippen molar-refractivity contribution in [3.05, 3.63) is 82.4 Å². The lowest BCUT2D eigenvalue weighted by molar-refractivity contribution is -0.0498. The first-order valence-electron chi connectivity index (χ1n) is 9.85. The number of alkyl halides is 2. The second-order valence-corrected chi connectivity index (χ2v) is 7.19. The zero-order chi connectivity index (χ0) is 24.7. The van der Waals surface area contributed by atoms with Gasteiger partial charge in [0.15, 0.2) is 11.5 Å². The topological polar surface area (TPSA) is 83.1 Å². The lowest BCUT2D eigenvalue weighted by Gasteiger charge is -2.16. The van der Waals surface area contributed by atoms with Crippen molar-refractivity contribution in [3.8, 4) is 17.2 Å². The fourth-order valence-corrected chi connectivity index (χ4v) is 3.20. The molecule has 3 rings (SSSR count). The minimum absolute atomic E-state index is 0.00991. The summed E-state index contributed by atoms with van der Waals surface area (Å²) in [6.07, 6.45) is 0. The van der Waals surface area contributed by atoms with Crippen LogP contribution in [-0.2, 0) is 11.3 Å². The van der Waals surface area contributed by atoms with Gasteiger partial charge in [0.25, 0.3) is 5.91 Å². The fraction of sp³-hybridized carbons (Fsp3) is 0.167. The molecule has 1 amide bonds. The third-order valence-electron chi connectivity index (χ3n) is 4.63. The number of hydrogen-bond acceptors (Lipinski definition) is 6. The van der Waals surface area contributed by atoms with Crippen molar-refractivity contribution >= 4 is 29.2 Å². The van der Waals surface area contributed by atoms with Crippen molar-refractivity contribution < 1.29 is 37.3 Å². The van der Waals surface area contributed by atoms with Crippen molar-refractivity contribution in [3.63, 3.8) is 0 Å². The van der Waals surface area contributed by atoms with E-state index >= 15 is 0 Å². The SMILES string of the molecule is COc1cc(NC(=O)c2ccccc2Cl)c(C(=O)OCc2ccc(OC(F)F)cc2)cc1OC. The molecule has 3 aromatic rings. The summed E-state index contributed by atoms with van der Waals surface area (Å²) in [6, 6.07) is 14.9. The summed E-state index contributed by atoms with van der Waals surface area (Å²) in [6.45, 7) is -3.09. The van der Waals surface area contributed by atoms with Crippen molar-refractivity contribution in [2.24, 2.45) is 0 Å². The molecule has 0 saturated heterocycles. The first-order valence-corrected chi connectivity index (χ1v) is 10.2. The van der Waals surface area contributed by atoms with E-state index in [-0.39, 0.29) is 45.7 Å². The van der Waals surface area contributed by atoms with Crippen LogP contribution < -0.4 is 19.5 Å². The highest BCUT2D eigenvalue weighted by atomic mass is 35.5. The molecule has 0 aliphatic rings. The summed E-state index contributed by atoms with van der Waals surface area (Å²) in [5.74, 6) is -0.791. The van der Waals surface area contributed by atoms with Crippen LogP contribution in [0.5, 0.6) is 17.2 Å². The Morgan fingerprint density at radius 3 is 2.21 bits per heavy atom. The predicted molar refractivity (Wildman–Crippen MR) is 121 cm³/mol. The fourth-order valence-electron chi connectivity index (χ4n) is 2.98. The van der Waals surface area contributed by atoms with E-state index in [1.54, 1.807) is 18.2 Å². The molecule has 0 fully saturated rings. The first-order chi connectivity index (χ1) is 16.3. The summed E-state index contributed by atoms with van der Waals surface area (Å²) in [4.78, 5) is 25.7. The van der Waals surface area contributed by atoms with Crippen LogP contribution >= 0.6 is 11.6 Å². The van der Waals surface area contributed by atoms with E-state index in [1.807, 2.05) is 0 Å². The maximum absolute atomic E-state index is 12.9.